The summed E-state index contributed by atoms with van der Waals surface area (Å²) >= 11 is 1.44. The smallest absolute Gasteiger partial charge is 0.271 e. The minimum absolute atomic E-state index is 0.0303. The van der Waals surface area contributed by atoms with Gasteiger partial charge in [0.15, 0.2) is 16.3 Å². The number of hydrogen-bond acceptors (Lipinski definition) is 5. The van der Waals surface area contributed by atoms with Gasteiger partial charge in [0.05, 0.1) is 22.9 Å². The zero-order valence-corrected chi connectivity index (χ0v) is 26.3. The summed E-state index contributed by atoms with van der Waals surface area (Å²) in [5.74, 6) is 1.32. The molecule has 2 heterocycles. The van der Waals surface area contributed by atoms with Gasteiger partial charge in [0.2, 0.25) is 0 Å². The third kappa shape index (κ3) is 5.05. The third-order valence-electron chi connectivity index (χ3n) is 8.82. The Balaban J connectivity index is 1.18. The van der Waals surface area contributed by atoms with Crippen molar-refractivity contribution in [2.45, 2.75) is 32.4 Å². The molecule has 1 atom stereocenters. The van der Waals surface area contributed by atoms with Crippen molar-refractivity contribution < 1.29 is 9.47 Å². The molecule has 0 fully saturated rings. The molecule has 1 aromatic heterocycles. The van der Waals surface area contributed by atoms with E-state index in [1.54, 1.807) is 0 Å². The van der Waals surface area contributed by atoms with Crippen LogP contribution in [0.1, 0.15) is 47.2 Å². The van der Waals surface area contributed by atoms with Crippen molar-refractivity contribution in [1.82, 2.24) is 4.57 Å². The second-order valence-corrected chi connectivity index (χ2v) is 12.6. The third-order valence-corrected chi connectivity index (χ3v) is 9.80. The summed E-state index contributed by atoms with van der Waals surface area (Å²) < 4.78 is 14.9. The summed E-state index contributed by atoms with van der Waals surface area (Å²) in [4.78, 5) is 20.0. The highest BCUT2D eigenvalue weighted by Gasteiger charge is 2.32. The molecule has 0 amide bonds. The molecule has 1 aliphatic heterocycles. The molecular formula is C40H32N2O3S. The average molecular weight is 621 g/mol. The number of benzene rings is 5. The van der Waals surface area contributed by atoms with Gasteiger partial charge in [-0.05, 0) is 76.6 Å². The molecule has 1 aliphatic carbocycles. The molecule has 5 aromatic carbocycles. The van der Waals surface area contributed by atoms with E-state index < -0.39 is 0 Å². The summed E-state index contributed by atoms with van der Waals surface area (Å²) in [7, 11) is 0. The Hall–Kier alpha value is -5.20. The summed E-state index contributed by atoms with van der Waals surface area (Å²) in [6, 6.07) is 39.1. The quantitative estimate of drug-likeness (QED) is 0.186. The Kier molecular flexibility index (Phi) is 7.35. The summed E-state index contributed by atoms with van der Waals surface area (Å²) in [5, 5.41) is 2.36. The maximum absolute atomic E-state index is 14.2. The van der Waals surface area contributed by atoms with Gasteiger partial charge in [-0.15, -0.1) is 0 Å². The van der Waals surface area contributed by atoms with Gasteiger partial charge < -0.3 is 9.47 Å². The van der Waals surface area contributed by atoms with E-state index in [1.807, 2.05) is 66.1 Å². The second kappa shape index (κ2) is 12.0. The molecule has 0 bridgehead atoms. The first-order chi connectivity index (χ1) is 22.7. The molecular weight excluding hydrogens is 589 g/mol. The first-order valence-corrected chi connectivity index (χ1v) is 16.5. The fraction of sp³-hybridized carbons (Fsp3) is 0.150. The molecule has 0 spiro atoms. The van der Waals surface area contributed by atoms with Crippen molar-refractivity contribution >= 4 is 33.9 Å². The molecule has 226 valence electrons. The zero-order valence-electron chi connectivity index (χ0n) is 25.5. The van der Waals surface area contributed by atoms with E-state index in [9.17, 15) is 4.79 Å². The molecule has 6 heteroatoms. The molecule has 6 aromatic rings. The molecule has 2 aliphatic rings. The van der Waals surface area contributed by atoms with Crippen molar-refractivity contribution in [3.8, 4) is 11.5 Å². The van der Waals surface area contributed by atoms with Crippen molar-refractivity contribution in [3.05, 3.63) is 168 Å². The Labute approximate surface area is 271 Å². The molecule has 8 rings (SSSR count). The van der Waals surface area contributed by atoms with E-state index in [0.717, 1.165) is 40.0 Å². The van der Waals surface area contributed by atoms with Gasteiger partial charge >= 0.3 is 0 Å². The first-order valence-electron chi connectivity index (χ1n) is 15.7. The fourth-order valence-electron chi connectivity index (χ4n) is 6.68. The number of thiazole rings is 1. The number of fused-ring (bicyclic) bond motifs is 4. The van der Waals surface area contributed by atoms with Gasteiger partial charge in [0.25, 0.3) is 5.56 Å². The number of hydrogen-bond donors (Lipinski definition) is 0. The number of ether oxygens (including phenoxy) is 2. The Bertz CT molecular complexity index is 2310. The van der Waals surface area contributed by atoms with E-state index in [0.29, 0.717) is 29.2 Å². The number of aryl methyl sites for hydroxylation is 1. The largest absolute Gasteiger partial charge is 0.490 e. The standard InChI is InChI=1S/C40H32N2O3S/c1-2-44-35-23-26(19-22-34(35)45-25-30-16-10-15-27-11-6-8-17-31(27)30)24-36-39(43)42-38(29-13-4-3-5-14-29)33-21-20-28-12-7-9-18-32(28)37(33)41-40(42)46-36/h3-19,22-24,38H,2,20-21,25H2,1H3/b36-24-/t38-/m1/s1. The van der Waals surface area contributed by atoms with Crippen LogP contribution in [0.25, 0.3) is 22.5 Å². The minimum atomic E-state index is -0.188. The predicted octanol–water partition coefficient (Wildman–Crippen LogP) is 7.45. The molecule has 0 unspecified atom stereocenters. The van der Waals surface area contributed by atoms with Crippen LogP contribution >= 0.6 is 11.3 Å². The summed E-state index contributed by atoms with van der Waals surface area (Å²) in [6.07, 6.45) is 3.75. The normalized spacial score (nSPS) is 15.6. The lowest BCUT2D eigenvalue weighted by Crippen LogP contribution is -2.38. The Morgan fingerprint density at radius 2 is 1.65 bits per heavy atom. The van der Waals surface area contributed by atoms with Crippen LogP contribution in [-0.2, 0) is 13.0 Å². The van der Waals surface area contributed by atoms with Crippen molar-refractivity contribution in [1.29, 1.82) is 0 Å². The maximum atomic E-state index is 14.2. The number of rotatable bonds is 7. The van der Waals surface area contributed by atoms with E-state index >= 15 is 0 Å². The molecule has 0 radical (unpaired) electrons. The molecule has 0 saturated carbocycles. The lowest BCUT2D eigenvalue weighted by atomic mass is 9.83. The zero-order chi connectivity index (χ0) is 31.0. The highest BCUT2D eigenvalue weighted by atomic mass is 32.1. The average Bonchev–Trinajstić information content (AvgIpc) is 3.41. The van der Waals surface area contributed by atoms with Gasteiger partial charge in [-0.2, -0.15) is 0 Å². The lowest BCUT2D eigenvalue weighted by molar-refractivity contribution is 0.270. The van der Waals surface area contributed by atoms with Crippen molar-refractivity contribution in [2.24, 2.45) is 4.99 Å². The van der Waals surface area contributed by atoms with E-state index in [1.165, 1.54) is 38.8 Å². The number of nitrogens with zero attached hydrogens (tertiary/aromatic N) is 2. The van der Waals surface area contributed by atoms with Crippen molar-refractivity contribution in [2.75, 3.05) is 6.61 Å². The van der Waals surface area contributed by atoms with Crippen LogP contribution in [0.2, 0.25) is 0 Å². The van der Waals surface area contributed by atoms with Crippen LogP contribution in [0.15, 0.2) is 131 Å². The van der Waals surface area contributed by atoms with Gasteiger partial charge in [-0.3, -0.25) is 9.36 Å². The summed E-state index contributed by atoms with van der Waals surface area (Å²) in [6.45, 7) is 2.88. The van der Waals surface area contributed by atoms with Crippen molar-refractivity contribution in [3.63, 3.8) is 0 Å². The molecule has 0 N–H and O–H groups in total. The maximum Gasteiger partial charge on any atom is 0.271 e. The molecule has 5 nitrogen and oxygen atoms in total. The van der Waals surface area contributed by atoms with E-state index in [-0.39, 0.29) is 11.6 Å². The molecule has 0 saturated heterocycles. The monoisotopic (exact) mass is 620 g/mol. The fourth-order valence-corrected chi connectivity index (χ4v) is 7.69. The first kappa shape index (κ1) is 28.3. The van der Waals surface area contributed by atoms with Crippen LogP contribution in [0, 0.1) is 0 Å². The van der Waals surface area contributed by atoms with Gasteiger partial charge in [-0.1, -0.05) is 114 Å². The van der Waals surface area contributed by atoms with Gasteiger partial charge in [-0.25, -0.2) is 4.99 Å². The molecule has 46 heavy (non-hydrogen) atoms. The Morgan fingerprint density at radius 1 is 0.848 bits per heavy atom. The van der Waals surface area contributed by atoms with Gasteiger partial charge in [0.1, 0.15) is 6.61 Å². The highest BCUT2D eigenvalue weighted by molar-refractivity contribution is 7.07. The SMILES string of the molecule is CCOc1cc(/C=c2\sc3n(c2=O)[C@H](c2ccccc2)C2=C(N=3)c3ccccc3CC2)ccc1OCc1cccc2ccccc12. The van der Waals surface area contributed by atoms with Crippen LogP contribution in [-0.4, -0.2) is 11.2 Å². The Morgan fingerprint density at radius 3 is 2.54 bits per heavy atom. The lowest BCUT2D eigenvalue weighted by Gasteiger charge is -2.30. The number of aromatic nitrogens is 1. The summed E-state index contributed by atoms with van der Waals surface area (Å²) in [5.41, 5.74) is 7.75. The van der Waals surface area contributed by atoms with Crippen LogP contribution in [0.3, 0.4) is 0 Å². The topological polar surface area (TPSA) is 52.8 Å². The highest BCUT2D eigenvalue weighted by Crippen LogP contribution is 2.41. The predicted molar refractivity (Wildman–Crippen MR) is 185 cm³/mol. The number of allylic oxidation sites excluding steroid dienone is 1. The van der Waals surface area contributed by atoms with Crippen LogP contribution in [0.4, 0.5) is 0 Å². The van der Waals surface area contributed by atoms with Crippen LogP contribution < -0.4 is 24.4 Å². The van der Waals surface area contributed by atoms with Crippen LogP contribution in [0.5, 0.6) is 11.5 Å². The van der Waals surface area contributed by atoms with Gasteiger partial charge in [0, 0.05) is 5.56 Å². The van der Waals surface area contributed by atoms with E-state index in [2.05, 4.69) is 66.7 Å². The minimum Gasteiger partial charge on any atom is -0.490 e. The second-order valence-electron chi connectivity index (χ2n) is 11.6. The van der Waals surface area contributed by atoms with E-state index in [4.69, 9.17) is 14.5 Å².